The van der Waals surface area contributed by atoms with Crippen molar-refractivity contribution < 1.29 is 57.7 Å². The summed E-state index contributed by atoms with van der Waals surface area (Å²) in [5.41, 5.74) is 18.6. The molecule has 1 aliphatic carbocycles. The third-order valence-corrected chi connectivity index (χ3v) is 22.2. The molecule has 0 amide bonds. The molecule has 372 valence electrons. The Labute approximate surface area is 482 Å². The fraction of sp³-hybridized carbons (Fsp3) is 0.0986. The normalized spacial score (nSPS) is 13.7. The minimum absolute atomic E-state index is 0. The van der Waals surface area contributed by atoms with Gasteiger partial charge in [-0.3, -0.25) is 0 Å². The van der Waals surface area contributed by atoms with E-state index in [1.807, 2.05) is 0 Å². The molecule has 0 spiro atoms. The van der Waals surface area contributed by atoms with Crippen LogP contribution in [0.5, 0.6) is 0 Å². The average molecular weight is 1090 g/mol. The van der Waals surface area contributed by atoms with E-state index in [9.17, 15) is 0 Å². The van der Waals surface area contributed by atoms with Gasteiger partial charge in [0.2, 0.25) is 0 Å². The second-order valence-corrected chi connectivity index (χ2v) is 26.0. The van der Waals surface area contributed by atoms with Gasteiger partial charge in [0.1, 0.15) is 0 Å². The Morgan fingerprint density at radius 1 is 0.276 bits per heavy atom. The molecule has 0 fully saturated rings. The van der Waals surface area contributed by atoms with Crippen molar-refractivity contribution >= 4 is 29.2 Å². The van der Waals surface area contributed by atoms with E-state index in [1.165, 1.54) is 93.5 Å². The summed E-state index contributed by atoms with van der Waals surface area (Å²) in [4.78, 5) is 0. The van der Waals surface area contributed by atoms with Crippen molar-refractivity contribution in [3.63, 3.8) is 0 Å². The number of hydrogen-bond donors (Lipinski definition) is 0. The van der Waals surface area contributed by atoms with E-state index in [2.05, 4.69) is 306 Å². The molecule has 0 aliphatic heterocycles. The molecule has 5 heteroatoms. The van der Waals surface area contributed by atoms with E-state index in [-0.39, 0.29) is 37.2 Å². The molecule has 10 aromatic carbocycles. The van der Waals surface area contributed by atoms with Crippen molar-refractivity contribution in [2.24, 2.45) is 0 Å². The minimum atomic E-state index is -3.41. The first-order valence-electron chi connectivity index (χ1n) is 25.8. The van der Waals surface area contributed by atoms with Crippen molar-refractivity contribution in [1.29, 1.82) is 0 Å². The van der Waals surface area contributed by atoms with Gasteiger partial charge in [-0.15, -0.1) is 0 Å². The molecule has 0 nitrogen and oxygen atoms in total. The van der Waals surface area contributed by atoms with Crippen molar-refractivity contribution in [3.8, 4) is 0 Å². The van der Waals surface area contributed by atoms with Gasteiger partial charge < -0.3 is 37.2 Å². The molecule has 0 saturated heterocycles. The van der Waals surface area contributed by atoms with Crippen LogP contribution in [0.3, 0.4) is 0 Å². The Morgan fingerprint density at radius 3 is 0.737 bits per heavy atom. The standard InChI is InChI=1S/C71H59Si.3ClH.Ti/c1-8-23-54(24-9-1)39-60-45-61(40-55-25-10-2-11-26-55)49-67(48-60)72(71-38-22-37-70(71)66-35-20-7-21-36-66,68-50-62(41-56-27-12-3-13-28-56)46-63(51-68)42-57-29-14-4-15-30-57)69-52-64(43-58-31-16-5-17-32-58)47-65(53-69)44-59-33-18-6-19-34-59;;;;/h1-38,45-53H,39-44H2;3*1H;/q;;;;+3/p-3. The first kappa shape index (κ1) is 55.7. The summed E-state index contributed by atoms with van der Waals surface area (Å²) in [6.07, 6.45) is 12.5. The Balaban J connectivity index is 0.00000255. The van der Waals surface area contributed by atoms with Gasteiger partial charge in [0.25, 0.3) is 0 Å². The van der Waals surface area contributed by atoms with Crippen molar-refractivity contribution in [2.45, 2.75) is 41.9 Å². The molecule has 1 aliphatic rings. The molecule has 76 heavy (non-hydrogen) atoms. The van der Waals surface area contributed by atoms with Crippen LogP contribution in [-0.2, 0) is 59.0 Å². The third-order valence-electron chi connectivity index (χ3n) is 14.7. The van der Waals surface area contributed by atoms with Crippen LogP contribution >= 0.6 is 0 Å². The van der Waals surface area contributed by atoms with Gasteiger partial charge in [-0.1, -0.05) is 0 Å². The molecular weight excluding hydrogens is 1040 g/mol. The molecule has 0 heterocycles. The van der Waals surface area contributed by atoms with Gasteiger partial charge in [-0.25, -0.2) is 0 Å². The summed E-state index contributed by atoms with van der Waals surface area (Å²) < 4.78 is -0.450. The fourth-order valence-corrected chi connectivity index (χ4v) is 19.8. The molecule has 0 aromatic heterocycles. The predicted molar refractivity (Wildman–Crippen MR) is 306 cm³/mol. The molecular formula is C71H59Cl3SiTi. The van der Waals surface area contributed by atoms with Gasteiger partial charge in [-0.2, -0.15) is 0 Å². The zero-order valence-corrected chi connectivity index (χ0v) is 47.3. The van der Waals surface area contributed by atoms with Crippen LogP contribution in [0.25, 0.3) is 5.57 Å². The van der Waals surface area contributed by atoms with Crippen LogP contribution in [0.1, 0.15) is 72.3 Å². The van der Waals surface area contributed by atoms with Crippen LogP contribution < -0.4 is 52.8 Å². The number of hydrogen-bond acceptors (Lipinski definition) is 0. The average Bonchev–Trinajstić information content (AvgIpc) is 3.91. The number of benzene rings is 10. The molecule has 0 radical (unpaired) electrons. The SMILES string of the molecule is [Cl-].[Cl-].[Cl-].[Ti+3][C]1([Si](c2cc(Cc3ccccc3)cc(Cc3ccccc3)c2)(c2cc(Cc3ccccc3)cc(Cc3ccccc3)c2)c2cc(Cc3ccccc3)cc(Cc3ccccc3)c2)C=CC=C1c1ccccc1. The van der Waals surface area contributed by atoms with Crippen molar-refractivity contribution in [3.05, 3.63) is 357 Å². The van der Waals surface area contributed by atoms with Gasteiger partial charge >= 0.3 is 449 Å². The summed E-state index contributed by atoms with van der Waals surface area (Å²) in [6.45, 7) is 0. The maximum atomic E-state index is 2.65. The van der Waals surface area contributed by atoms with Crippen LogP contribution in [0.4, 0.5) is 0 Å². The van der Waals surface area contributed by atoms with Crippen molar-refractivity contribution in [2.75, 3.05) is 0 Å². The van der Waals surface area contributed by atoms with E-state index in [1.54, 1.807) is 0 Å². The molecule has 10 aromatic rings. The van der Waals surface area contributed by atoms with Gasteiger partial charge in [0.05, 0.1) is 0 Å². The summed E-state index contributed by atoms with van der Waals surface area (Å²) in [6, 6.07) is 101. The van der Waals surface area contributed by atoms with E-state index < -0.39 is 11.4 Å². The zero-order chi connectivity index (χ0) is 49.3. The summed E-state index contributed by atoms with van der Waals surface area (Å²) in [5.74, 6) is 0. The van der Waals surface area contributed by atoms with E-state index in [0.717, 1.165) is 38.5 Å². The predicted octanol–water partition coefficient (Wildman–Crippen LogP) is 5.61. The van der Waals surface area contributed by atoms with Crippen LogP contribution in [-0.4, -0.2) is 8.07 Å². The molecule has 0 N–H and O–H groups in total. The third kappa shape index (κ3) is 12.7. The van der Waals surface area contributed by atoms with E-state index >= 15 is 0 Å². The first-order valence-corrected chi connectivity index (χ1v) is 28.6. The van der Waals surface area contributed by atoms with Gasteiger partial charge in [0.15, 0.2) is 0 Å². The first-order chi connectivity index (χ1) is 36.0. The van der Waals surface area contributed by atoms with Gasteiger partial charge in [-0.05, 0) is 0 Å². The molecule has 11 rings (SSSR count). The van der Waals surface area contributed by atoms with Crippen molar-refractivity contribution in [1.82, 2.24) is 0 Å². The maximum absolute atomic E-state index is 3.41. The zero-order valence-electron chi connectivity index (χ0n) is 42.5. The summed E-state index contributed by atoms with van der Waals surface area (Å²) in [5, 5.41) is 4.31. The van der Waals surface area contributed by atoms with Crippen LogP contribution in [0.2, 0.25) is 3.34 Å². The Hall–Kier alpha value is -6.52. The van der Waals surface area contributed by atoms with Gasteiger partial charge in [0, 0.05) is 0 Å². The monoisotopic (exact) mass is 1090 g/mol. The van der Waals surface area contributed by atoms with Crippen LogP contribution in [0, 0.1) is 0 Å². The Morgan fingerprint density at radius 2 is 0.500 bits per heavy atom. The molecule has 0 saturated carbocycles. The molecule has 1 unspecified atom stereocenters. The number of allylic oxidation sites excluding steroid dienone is 4. The second kappa shape index (κ2) is 26.0. The molecule has 1 atom stereocenters. The number of rotatable bonds is 17. The number of halogens is 3. The second-order valence-electron chi connectivity index (χ2n) is 20.0. The quantitative estimate of drug-likeness (QED) is 0.0823. The summed E-state index contributed by atoms with van der Waals surface area (Å²) >= 11 is 2.60. The molecule has 0 bridgehead atoms. The summed E-state index contributed by atoms with van der Waals surface area (Å²) in [7, 11) is -3.41. The Bertz CT molecular complexity index is 3010. The van der Waals surface area contributed by atoms with E-state index in [4.69, 9.17) is 0 Å². The fourth-order valence-electron chi connectivity index (χ4n) is 11.5. The topological polar surface area (TPSA) is 0 Å². The van der Waals surface area contributed by atoms with Crippen LogP contribution in [0.15, 0.2) is 285 Å². The van der Waals surface area contributed by atoms with E-state index in [0.29, 0.717) is 0 Å². The Kier molecular flexibility index (Phi) is 19.1.